The summed E-state index contributed by atoms with van der Waals surface area (Å²) in [6.45, 7) is 6.24. The van der Waals surface area contributed by atoms with Crippen molar-refractivity contribution in [3.63, 3.8) is 0 Å². The molecule has 5 rings (SSSR count). The molecule has 38 heavy (non-hydrogen) atoms. The highest BCUT2D eigenvalue weighted by Crippen LogP contribution is 2.34. The van der Waals surface area contributed by atoms with Crippen molar-refractivity contribution in [2.75, 3.05) is 31.1 Å². The van der Waals surface area contributed by atoms with E-state index in [2.05, 4.69) is 26.6 Å². The van der Waals surface area contributed by atoms with E-state index in [0.29, 0.717) is 30.9 Å². The number of anilines is 1. The lowest BCUT2D eigenvalue weighted by Crippen LogP contribution is -2.39. The molecule has 0 N–H and O–H groups in total. The van der Waals surface area contributed by atoms with Crippen molar-refractivity contribution >= 4 is 40.6 Å². The summed E-state index contributed by atoms with van der Waals surface area (Å²) in [4.78, 5) is 34.1. The highest BCUT2D eigenvalue weighted by atomic mass is 35.5. The number of rotatable bonds is 5. The minimum Gasteiger partial charge on any atom is -0.333 e. The molecule has 1 fully saturated rings. The van der Waals surface area contributed by atoms with E-state index in [-0.39, 0.29) is 17.7 Å². The highest BCUT2D eigenvalue weighted by molar-refractivity contribution is 7.08. The van der Waals surface area contributed by atoms with Crippen LogP contribution in [-0.2, 0) is 24.3 Å². The number of hydrogen-bond acceptors (Lipinski definition) is 6. The van der Waals surface area contributed by atoms with Crippen molar-refractivity contribution in [2.24, 2.45) is 5.92 Å². The van der Waals surface area contributed by atoms with Gasteiger partial charge in [0.1, 0.15) is 4.88 Å². The predicted molar refractivity (Wildman–Crippen MR) is 152 cm³/mol. The van der Waals surface area contributed by atoms with Gasteiger partial charge in [0, 0.05) is 55.9 Å². The third kappa shape index (κ3) is 6.42. The Morgan fingerprint density at radius 1 is 1.00 bits per heavy atom. The fourth-order valence-corrected chi connectivity index (χ4v) is 5.91. The van der Waals surface area contributed by atoms with E-state index in [4.69, 9.17) is 11.6 Å². The first kappa shape index (κ1) is 26.8. The van der Waals surface area contributed by atoms with Gasteiger partial charge in [0.25, 0.3) is 5.91 Å². The molecule has 9 heteroatoms. The van der Waals surface area contributed by atoms with E-state index in [1.165, 1.54) is 17.1 Å². The zero-order valence-electron chi connectivity index (χ0n) is 21.8. The number of amides is 2. The summed E-state index contributed by atoms with van der Waals surface area (Å²) in [6, 6.07) is 16.0. The number of benzene rings is 2. The van der Waals surface area contributed by atoms with Crippen LogP contribution in [0.25, 0.3) is 0 Å². The first-order valence-corrected chi connectivity index (χ1v) is 14.6. The monoisotopic (exact) mass is 551 g/mol. The number of aromatic nitrogens is 2. The van der Waals surface area contributed by atoms with Crippen molar-refractivity contribution in [3.05, 3.63) is 75.3 Å². The van der Waals surface area contributed by atoms with Crippen molar-refractivity contribution in [1.82, 2.24) is 19.4 Å². The maximum Gasteiger partial charge on any atom is 0.267 e. The van der Waals surface area contributed by atoms with E-state index in [0.717, 1.165) is 67.3 Å². The smallest absolute Gasteiger partial charge is 0.267 e. The Bertz CT molecular complexity index is 1260. The summed E-state index contributed by atoms with van der Waals surface area (Å²) >= 11 is 7.27. The van der Waals surface area contributed by atoms with E-state index in [9.17, 15) is 9.59 Å². The molecule has 1 aliphatic heterocycles. The second-order valence-electron chi connectivity index (χ2n) is 10.1. The van der Waals surface area contributed by atoms with Gasteiger partial charge in [-0.3, -0.25) is 14.5 Å². The Hall–Kier alpha value is -2.81. The zero-order valence-corrected chi connectivity index (χ0v) is 23.4. The molecule has 200 valence electrons. The van der Waals surface area contributed by atoms with Crippen LogP contribution in [0.1, 0.15) is 59.1 Å². The number of nitrogens with zero attached hydrogens (tertiary/aromatic N) is 5. The van der Waals surface area contributed by atoms with Gasteiger partial charge in [0.05, 0.1) is 5.69 Å². The van der Waals surface area contributed by atoms with Crippen LogP contribution in [0, 0.1) is 5.92 Å². The first-order chi connectivity index (χ1) is 18.5. The molecule has 2 aromatic carbocycles. The van der Waals surface area contributed by atoms with Gasteiger partial charge in [-0.15, -0.1) is 5.10 Å². The van der Waals surface area contributed by atoms with Crippen LogP contribution in [-0.4, -0.2) is 57.4 Å². The van der Waals surface area contributed by atoms with Crippen molar-refractivity contribution in [3.8, 4) is 0 Å². The van der Waals surface area contributed by atoms with Crippen LogP contribution < -0.4 is 4.90 Å². The van der Waals surface area contributed by atoms with Gasteiger partial charge < -0.3 is 9.80 Å². The molecule has 0 bridgehead atoms. The second kappa shape index (κ2) is 12.4. The summed E-state index contributed by atoms with van der Waals surface area (Å²) < 4.78 is 4.06. The number of para-hydroxylation sites is 1. The quantitative estimate of drug-likeness (QED) is 0.422. The highest BCUT2D eigenvalue weighted by Gasteiger charge is 2.35. The molecular weight excluding hydrogens is 518 g/mol. The summed E-state index contributed by atoms with van der Waals surface area (Å²) in [5, 5.41) is 4.91. The third-order valence-electron chi connectivity index (χ3n) is 7.29. The largest absolute Gasteiger partial charge is 0.333 e. The standard InChI is InChI=1S/C29H34ClN5O2S/c1-2-25-27(38-32-31-25)29(37)34-17-5-15-33(19-21-9-13-24(30)14-10-21)16-6-18-35(28(36)22-11-12-22)26-8-4-3-7-23(26)20-34/h3-4,7-10,13-14,22H,2,5-6,11-12,15-20H2,1H3. The fourth-order valence-electron chi connectivity index (χ4n) is 5.07. The van der Waals surface area contributed by atoms with E-state index in [1.54, 1.807) is 0 Å². The van der Waals surface area contributed by atoms with Gasteiger partial charge in [-0.2, -0.15) is 0 Å². The van der Waals surface area contributed by atoms with Crippen LogP contribution in [0.5, 0.6) is 0 Å². The molecule has 0 radical (unpaired) electrons. The Balaban J connectivity index is 1.44. The van der Waals surface area contributed by atoms with Gasteiger partial charge in [-0.1, -0.05) is 53.3 Å². The third-order valence-corrected chi connectivity index (χ3v) is 8.29. The molecule has 1 aromatic heterocycles. The van der Waals surface area contributed by atoms with Gasteiger partial charge in [-0.25, -0.2) is 0 Å². The minimum absolute atomic E-state index is 0.0342. The lowest BCUT2D eigenvalue weighted by atomic mass is 10.1. The molecule has 1 aliphatic carbocycles. The van der Waals surface area contributed by atoms with Crippen molar-refractivity contribution in [1.29, 1.82) is 0 Å². The summed E-state index contributed by atoms with van der Waals surface area (Å²) in [7, 11) is 0. The normalized spacial score (nSPS) is 17.4. The fraction of sp³-hybridized carbons (Fsp3) is 0.448. The van der Waals surface area contributed by atoms with Crippen LogP contribution in [0.15, 0.2) is 48.5 Å². The zero-order chi connectivity index (χ0) is 26.5. The molecule has 2 heterocycles. The number of fused-ring (bicyclic) bond motifs is 1. The molecule has 2 amide bonds. The predicted octanol–water partition coefficient (Wildman–Crippen LogP) is 5.44. The first-order valence-electron chi connectivity index (χ1n) is 13.5. The minimum atomic E-state index is -0.0342. The second-order valence-corrected chi connectivity index (χ2v) is 11.3. The Kier molecular flexibility index (Phi) is 8.72. The number of halogens is 1. The lowest BCUT2D eigenvalue weighted by Gasteiger charge is -2.31. The summed E-state index contributed by atoms with van der Waals surface area (Å²) in [5.41, 5.74) is 3.87. The lowest BCUT2D eigenvalue weighted by molar-refractivity contribution is -0.119. The van der Waals surface area contributed by atoms with E-state index >= 15 is 0 Å². The number of carbonyl (C=O) groups excluding carboxylic acids is 2. The Labute approximate surface area is 233 Å². The van der Waals surface area contributed by atoms with Crippen LogP contribution in [0.2, 0.25) is 5.02 Å². The van der Waals surface area contributed by atoms with Crippen molar-refractivity contribution in [2.45, 2.75) is 52.1 Å². The SMILES string of the molecule is CCc1nnsc1C(=O)N1CCCN(Cc2ccc(Cl)cc2)CCCN(C(=O)C2CC2)c2ccccc2C1. The van der Waals surface area contributed by atoms with Gasteiger partial charge in [0.2, 0.25) is 5.91 Å². The topological polar surface area (TPSA) is 69.6 Å². The number of carbonyl (C=O) groups is 2. The van der Waals surface area contributed by atoms with Crippen LogP contribution in [0.4, 0.5) is 5.69 Å². The van der Waals surface area contributed by atoms with Gasteiger partial charge in [-0.05, 0) is 73.0 Å². The van der Waals surface area contributed by atoms with Gasteiger partial charge in [0.15, 0.2) is 0 Å². The van der Waals surface area contributed by atoms with Crippen molar-refractivity contribution < 1.29 is 9.59 Å². The molecule has 1 saturated carbocycles. The maximum absolute atomic E-state index is 13.8. The van der Waals surface area contributed by atoms with Crippen LogP contribution >= 0.6 is 23.1 Å². The molecule has 7 nitrogen and oxygen atoms in total. The molecule has 2 aliphatic rings. The van der Waals surface area contributed by atoms with Crippen LogP contribution in [0.3, 0.4) is 0 Å². The maximum atomic E-state index is 13.8. The Morgan fingerprint density at radius 2 is 1.74 bits per heavy atom. The average molecular weight is 552 g/mol. The summed E-state index contributed by atoms with van der Waals surface area (Å²) in [5.74, 6) is 0.291. The number of hydrogen-bond donors (Lipinski definition) is 0. The molecule has 3 aromatic rings. The molecule has 0 atom stereocenters. The molecule has 0 saturated heterocycles. The van der Waals surface area contributed by atoms with Gasteiger partial charge >= 0.3 is 0 Å². The molecule has 0 unspecified atom stereocenters. The Morgan fingerprint density at radius 3 is 2.47 bits per heavy atom. The van der Waals surface area contributed by atoms with E-state index < -0.39 is 0 Å². The molecule has 0 spiro atoms. The number of aryl methyl sites for hydroxylation is 1. The summed E-state index contributed by atoms with van der Waals surface area (Å²) in [6.07, 6.45) is 4.32. The average Bonchev–Trinajstić information content (AvgIpc) is 3.67. The molecular formula is C29H34ClN5O2S. The van der Waals surface area contributed by atoms with E-state index in [1.807, 2.05) is 53.1 Å².